The standard InChI is InChI=1S/C44H84/c1-5-9-13-17-21-24-28-34-40-44(43-38-32-33-39-43,41-35-29-25-22-18-14-10-6-2)42(36-30-26-20-16-12-8-4)37-31-27-23-19-15-11-7-3/h32-33,38,42H,5-31,34-37,39-41H2,1-4H3. The predicted octanol–water partition coefficient (Wildman–Crippen LogP) is 16.4. The zero-order valence-corrected chi connectivity index (χ0v) is 31.4. The molecule has 44 heavy (non-hydrogen) atoms. The van der Waals surface area contributed by atoms with Crippen LogP contribution < -0.4 is 0 Å². The van der Waals surface area contributed by atoms with E-state index in [0.717, 1.165) is 5.92 Å². The summed E-state index contributed by atoms with van der Waals surface area (Å²) in [7, 11) is 0. The lowest BCUT2D eigenvalue weighted by atomic mass is 9.61. The van der Waals surface area contributed by atoms with Crippen LogP contribution in [0.5, 0.6) is 0 Å². The topological polar surface area (TPSA) is 0 Å². The third-order valence-corrected chi connectivity index (χ3v) is 11.2. The number of hydrogen-bond acceptors (Lipinski definition) is 0. The van der Waals surface area contributed by atoms with Crippen LogP contribution in [0.25, 0.3) is 0 Å². The summed E-state index contributed by atoms with van der Waals surface area (Å²) >= 11 is 0. The number of hydrogen-bond donors (Lipinski definition) is 0. The van der Waals surface area contributed by atoms with Crippen LogP contribution in [0.15, 0.2) is 23.8 Å². The lowest BCUT2D eigenvalue weighted by Crippen LogP contribution is -2.33. The molecule has 1 aliphatic carbocycles. The highest BCUT2D eigenvalue weighted by atomic mass is 14.4. The van der Waals surface area contributed by atoms with E-state index in [1.54, 1.807) is 0 Å². The largest absolute Gasteiger partial charge is 0.0804 e. The van der Waals surface area contributed by atoms with Crippen LogP contribution in [0.1, 0.15) is 246 Å². The van der Waals surface area contributed by atoms with E-state index in [1.165, 1.54) is 218 Å². The second-order valence-corrected chi connectivity index (χ2v) is 15.1. The minimum absolute atomic E-state index is 0.472. The molecule has 0 heteroatoms. The number of rotatable bonds is 35. The molecule has 0 aromatic rings. The fourth-order valence-corrected chi connectivity index (χ4v) is 8.30. The van der Waals surface area contributed by atoms with E-state index < -0.39 is 0 Å². The Balaban J connectivity index is 2.95. The molecule has 1 aliphatic rings. The number of unbranched alkanes of at least 4 members (excludes halogenated alkanes) is 25. The third-order valence-electron chi connectivity index (χ3n) is 11.2. The molecule has 260 valence electrons. The maximum absolute atomic E-state index is 2.61. The van der Waals surface area contributed by atoms with E-state index in [0.29, 0.717) is 5.41 Å². The van der Waals surface area contributed by atoms with Gasteiger partial charge in [0.15, 0.2) is 0 Å². The Kier molecular flexibility index (Phi) is 29.3. The quantitative estimate of drug-likeness (QED) is 0.0624. The molecule has 0 radical (unpaired) electrons. The van der Waals surface area contributed by atoms with Crippen LogP contribution in [0, 0.1) is 11.3 Å². The molecule has 1 unspecified atom stereocenters. The van der Waals surface area contributed by atoms with Gasteiger partial charge >= 0.3 is 0 Å². The van der Waals surface area contributed by atoms with Crippen molar-refractivity contribution in [2.24, 2.45) is 11.3 Å². The molecule has 0 saturated carbocycles. The summed E-state index contributed by atoms with van der Waals surface area (Å²) in [4.78, 5) is 0. The first kappa shape index (κ1) is 41.5. The second kappa shape index (κ2) is 31.1. The average molecular weight is 613 g/mol. The van der Waals surface area contributed by atoms with Gasteiger partial charge in [0.1, 0.15) is 0 Å². The van der Waals surface area contributed by atoms with Gasteiger partial charge in [-0.2, -0.15) is 0 Å². The van der Waals surface area contributed by atoms with Gasteiger partial charge in [-0.25, -0.2) is 0 Å². The predicted molar refractivity (Wildman–Crippen MR) is 203 cm³/mol. The van der Waals surface area contributed by atoms with Crippen molar-refractivity contribution in [2.75, 3.05) is 0 Å². The Hall–Kier alpha value is -0.520. The van der Waals surface area contributed by atoms with Gasteiger partial charge in [-0.15, -0.1) is 0 Å². The van der Waals surface area contributed by atoms with E-state index in [1.807, 2.05) is 5.57 Å². The summed E-state index contributed by atoms with van der Waals surface area (Å²) in [5.41, 5.74) is 2.32. The highest BCUT2D eigenvalue weighted by Crippen LogP contribution is 2.51. The first-order chi connectivity index (χ1) is 21.7. The van der Waals surface area contributed by atoms with Gasteiger partial charge < -0.3 is 0 Å². The van der Waals surface area contributed by atoms with Gasteiger partial charge in [0.05, 0.1) is 0 Å². The van der Waals surface area contributed by atoms with Gasteiger partial charge in [0.25, 0.3) is 0 Å². The second-order valence-electron chi connectivity index (χ2n) is 15.1. The van der Waals surface area contributed by atoms with Crippen molar-refractivity contribution in [3.63, 3.8) is 0 Å². The first-order valence-corrected chi connectivity index (χ1v) is 21.1. The Morgan fingerprint density at radius 3 is 1.07 bits per heavy atom. The summed E-state index contributed by atoms with van der Waals surface area (Å²) < 4.78 is 0. The van der Waals surface area contributed by atoms with Gasteiger partial charge in [0.2, 0.25) is 0 Å². The molecule has 0 N–H and O–H groups in total. The molecule has 0 bridgehead atoms. The molecule has 0 fully saturated rings. The van der Waals surface area contributed by atoms with E-state index in [9.17, 15) is 0 Å². The van der Waals surface area contributed by atoms with Crippen molar-refractivity contribution in [1.82, 2.24) is 0 Å². The fourth-order valence-electron chi connectivity index (χ4n) is 8.30. The molecule has 0 aromatic carbocycles. The van der Waals surface area contributed by atoms with Crippen molar-refractivity contribution in [3.8, 4) is 0 Å². The van der Waals surface area contributed by atoms with Crippen LogP contribution in [-0.2, 0) is 0 Å². The Labute approximate surface area is 280 Å². The normalized spacial score (nSPS) is 14.0. The monoisotopic (exact) mass is 613 g/mol. The molecule has 0 amide bonds. The molecule has 0 aliphatic heterocycles. The van der Waals surface area contributed by atoms with Gasteiger partial charge in [0, 0.05) is 0 Å². The summed E-state index contributed by atoms with van der Waals surface area (Å²) in [6.45, 7) is 9.38. The molecule has 0 saturated heterocycles. The van der Waals surface area contributed by atoms with E-state index >= 15 is 0 Å². The summed E-state index contributed by atoms with van der Waals surface area (Å²) in [6.07, 6.45) is 56.6. The van der Waals surface area contributed by atoms with E-state index in [-0.39, 0.29) is 0 Å². The fraction of sp³-hybridized carbons (Fsp3) is 0.909. The smallest absolute Gasteiger partial charge is 0.00536 e. The SMILES string of the molecule is CCCCCCCCCCC(CCCCCCCCCC)(C1=CC=CC1)C(CCCCCCCC)CCCCCCCCC. The molecule has 0 nitrogen and oxygen atoms in total. The average Bonchev–Trinajstić information content (AvgIpc) is 3.59. The molecular weight excluding hydrogens is 528 g/mol. The van der Waals surface area contributed by atoms with Crippen molar-refractivity contribution < 1.29 is 0 Å². The highest BCUT2D eigenvalue weighted by molar-refractivity contribution is 5.30. The van der Waals surface area contributed by atoms with Crippen LogP contribution in [0.4, 0.5) is 0 Å². The third kappa shape index (κ3) is 20.6. The van der Waals surface area contributed by atoms with Crippen molar-refractivity contribution in [2.45, 2.75) is 246 Å². The highest BCUT2D eigenvalue weighted by Gasteiger charge is 2.40. The van der Waals surface area contributed by atoms with Crippen LogP contribution >= 0.6 is 0 Å². The van der Waals surface area contributed by atoms with E-state index in [4.69, 9.17) is 0 Å². The van der Waals surface area contributed by atoms with Crippen LogP contribution in [0.2, 0.25) is 0 Å². The van der Waals surface area contributed by atoms with Crippen LogP contribution in [-0.4, -0.2) is 0 Å². The Bertz CT molecular complexity index is 618. The molecule has 0 spiro atoms. The zero-order valence-electron chi connectivity index (χ0n) is 31.4. The Morgan fingerprint density at radius 2 is 0.750 bits per heavy atom. The maximum Gasteiger partial charge on any atom is -0.00536 e. The van der Waals surface area contributed by atoms with Gasteiger partial charge in [-0.05, 0) is 43.4 Å². The lowest BCUT2D eigenvalue weighted by Gasteiger charge is -2.44. The summed E-state index contributed by atoms with van der Waals surface area (Å²) in [5, 5.41) is 0. The zero-order chi connectivity index (χ0) is 31.8. The molecule has 0 heterocycles. The molecule has 1 atom stereocenters. The summed E-state index contributed by atoms with van der Waals surface area (Å²) in [6, 6.07) is 0. The molecular formula is C44H84. The van der Waals surface area contributed by atoms with Gasteiger partial charge in [-0.3, -0.25) is 0 Å². The first-order valence-electron chi connectivity index (χ1n) is 21.1. The maximum atomic E-state index is 2.61. The van der Waals surface area contributed by atoms with Gasteiger partial charge in [-0.1, -0.05) is 238 Å². The lowest BCUT2D eigenvalue weighted by molar-refractivity contribution is 0.136. The Morgan fingerprint density at radius 1 is 0.432 bits per heavy atom. The van der Waals surface area contributed by atoms with Crippen molar-refractivity contribution in [1.29, 1.82) is 0 Å². The number of allylic oxidation sites excluding steroid dienone is 4. The minimum atomic E-state index is 0.472. The van der Waals surface area contributed by atoms with Crippen molar-refractivity contribution in [3.05, 3.63) is 23.8 Å². The van der Waals surface area contributed by atoms with Crippen molar-refractivity contribution >= 4 is 0 Å². The minimum Gasteiger partial charge on any atom is -0.0804 e. The molecule has 1 rings (SSSR count). The van der Waals surface area contributed by atoms with E-state index in [2.05, 4.69) is 45.9 Å². The molecule has 0 aromatic heterocycles. The van der Waals surface area contributed by atoms with Crippen LogP contribution in [0.3, 0.4) is 0 Å². The summed E-state index contributed by atoms with van der Waals surface area (Å²) in [5.74, 6) is 0.907.